The van der Waals surface area contributed by atoms with E-state index in [1.54, 1.807) is 24.3 Å². The number of para-hydroxylation sites is 1. The number of carbonyl (C=O) groups excluding carboxylic acids is 2. The predicted molar refractivity (Wildman–Crippen MR) is 110 cm³/mol. The van der Waals surface area contributed by atoms with Crippen LogP contribution < -0.4 is 10.1 Å². The summed E-state index contributed by atoms with van der Waals surface area (Å²) in [6, 6.07) is 12.7. The predicted octanol–water partition coefficient (Wildman–Crippen LogP) is 3.34. The van der Waals surface area contributed by atoms with Crippen LogP contribution in [0.2, 0.25) is 0 Å². The molecule has 6 heteroatoms. The number of Topliss-reactive ketones (excluding diaryl/α,β-unsaturated/α-hetero) is 1. The Hall–Kier alpha value is -2.70. The molecule has 1 heterocycles. The molecule has 1 saturated heterocycles. The van der Waals surface area contributed by atoms with E-state index in [-0.39, 0.29) is 5.78 Å². The Morgan fingerprint density at radius 2 is 1.64 bits per heavy atom. The van der Waals surface area contributed by atoms with Crippen LogP contribution in [0.4, 0.5) is 10.5 Å². The van der Waals surface area contributed by atoms with Gasteiger partial charge < -0.3 is 9.64 Å². The molecule has 1 aliphatic heterocycles. The first kappa shape index (κ1) is 20.0. The van der Waals surface area contributed by atoms with E-state index >= 15 is 0 Å². The standard InChI is InChI=1S/C22H27N3O3/c1-16-6-4-7-17(2)21(16)28-22(27)23-19-9-5-8-18(14-19)20(26)15-25-12-10-24(3)11-13-25/h4-9,14H,10-13,15H2,1-3H3,(H,23,27). The average molecular weight is 381 g/mol. The summed E-state index contributed by atoms with van der Waals surface area (Å²) < 4.78 is 5.46. The number of carbonyl (C=O) groups is 2. The molecule has 1 fully saturated rings. The molecule has 0 bridgehead atoms. The Morgan fingerprint density at radius 3 is 2.32 bits per heavy atom. The number of likely N-dealkylation sites (N-methyl/N-ethyl adjacent to an activating group) is 1. The molecular weight excluding hydrogens is 354 g/mol. The highest BCUT2D eigenvalue weighted by atomic mass is 16.6. The van der Waals surface area contributed by atoms with Gasteiger partial charge in [-0.05, 0) is 44.2 Å². The summed E-state index contributed by atoms with van der Waals surface area (Å²) in [7, 11) is 2.09. The van der Waals surface area contributed by atoms with Crippen LogP contribution in [-0.2, 0) is 0 Å². The van der Waals surface area contributed by atoms with Crippen molar-refractivity contribution in [1.82, 2.24) is 9.80 Å². The van der Waals surface area contributed by atoms with E-state index in [1.807, 2.05) is 32.0 Å². The van der Waals surface area contributed by atoms with E-state index in [4.69, 9.17) is 4.74 Å². The lowest BCUT2D eigenvalue weighted by Gasteiger charge is -2.31. The average Bonchev–Trinajstić information content (AvgIpc) is 2.67. The van der Waals surface area contributed by atoms with Crippen LogP contribution in [0, 0.1) is 13.8 Å². The number of rotatable bonds is 5. The number of nitrogens with one attached hydrogen (secondary N) is 1. The van der Waals surface area contributed by atoms with Gasteiger partial charge in [-0.3, -0.25) is 15.0 Å². The molecule has 0 aliphatic carbocycles. The fourth-order valence-corrected chi connectivity index (χ4v) is 3.27. The number of anilines is 1. The van der Waals surface area contributed by atoms with Gasteiger partial charge in [0.15, 0.2) is 5.78 Å². The third kappa shape index (κ3) is 5.18. The van der Waals surface area contributed by atoms with E-state index < -0.39 is 6.09 Å². The fraction of sp³-hybridized carbons (Fsp3) is 0.364. The van der Waals surface area contributed by atoms with Gasteiger partial charge in [-0.2, -0.15) is 0 Å². The van der Waals surface area contributed by atoms with Gasteiger partial charge in [0.1, 0.15) is 5.75 Å². The summed E-state index contributed by atoms with van der Waals surface area (Å²) in [5.74, 6) is 0.610. The smallest absolute Gasteiger partial charge is 0.410 e. The number of hydrogen-bond acceptors (Lipinski definition) is 5. The second-order valence-corrected chi connectivity index (χ2v) is 7.32. The van der Waals surface area contributed by atoms with Gasteiger partial charge in [0.05, 0.1) is 6.54 Å². The first-order valence-electron chi connectivity index (χ1n) is 9.51. The monoisotopic (exact) mass is 381 g/mol. The summed E-state index contributed by atoms with van der Waals surface area (Å²) in [5, 5.41) is 2.72. The summed E-state index contributed by atoms with van der Waals surface area (Å²) in [5.41, 5.74) is 2.92. The molecule has 2 aromatic rings. The molecule has 3 rings (SSSR count). The van der Waals surface area contributed by atoms with Gasteiger partial charge in [-0.15, -0.1) is 0 Å². The van der Waals surface area contributed by atoms with E-state index in [0.717, 1.165) is 37.3 Å². The maximum Gasteiger partial charge on any atom is 0.417 e. The molecule has 6 nitrogen and oxygen atoms in total. The molecule has 1 amide bonds. The number of piperazine rings is 1. The summed E-state index contributed by atoms with van der Waals surface area (Å²) in [4.78, 5) is 29.3. The van der Waals surface area contributed by atoms with Gasteiger partial charge in [0.25, 0.3) is 0 Å². The highest BCUT2D eigenvalue weighted by Crippen LogP contribution is 2.23. The van der Waals surface area contributed by atoms with Crippen molar-refractivity contribution in [3.05, 3.63) is 59.2 Å². The van der Waals surface area contributed by atoms with Crippen molar-refractivity contribution in [2.24, 2.45) is 0 Å². The molecule has 0 aromatic heterocycles. The van der Waals surface area contributed by atoms with Gasteiger partial charge in [0.2, 0.25) is 0 Å². The van der Waals surface area contributed by atoms with Crippen molar-refractivity contribution in [2.75, 3.05) is 45.1 Å². The number of nitrogens with zero attached hydrogens (tertiary/aromatic N) is 2. The maximum atomic E-state index is 12.6. The molecule has 0 unspecified atom stereocenters. The van der Waals surface area contributed by atoms with E-state index in [0.29, 0.717) is 23.5 Å². The van der Waals surface area contributed by atoms with Crippen molar-refractivity contribution >= 4 is 17.6 Å². The third-order valence-electron chi connectivity index (χ3n) is 5.00. The normalized spacial score (nSPS) is 15.2. The Balaban J connectivity index is 1.61. The zero-order chi connectivity index (χ0) is 20.1. The summed E-state index contributed by atoms with van der Waals surface area (Å²) in [6.07, 6.45) is -0.568. The van der Waals surface area contributed by atoms with Crippen LogP contribution in [0.3, 0.4) is 0 Å². The molecular formula is C22H27N3O3. The van der Waals surface area contributed by atoms with Crippen LogP contribution in [0.1, 0.15) is 21.5 Å². The second kappa shape index (κ2) is 8.99. The SMILES string of the molecule is Cc1cccc(C)c1OC(=O)Nc1cccc(C(=O)CN2CCN(C)CC2)c1. The number of benzene rings is 2. The molecule has 0 saturated carbocycles. The maximum absolute atomic E-state index is 12.6. The van der Waals surface area contributed by atoms with Crippen molar-refractivity contribution in [3.8, 4) is 5.75 Å². The topological polar surface area (TPSA) is 61.9 Å². The van der Waals surface area contributed by atoms with Crippen LogP contribution in [0.5, 0.6) is 5.75 Å². The first-order chi connectivity index (χ1) is 13.4. The number of amides is 1. The molecule has 1 N–H and O–H groups in total. The first-order valence-corrected chi connectivity index (χ1v) is 9.51. The Labute approximate surface area is 166 Å². The zero-order valence-corrected chi connectivity index (χ0v) is 16.7. The fourth-order valence-electron chi connectivity index (χ4n) is 3.27. The molecule has 2 aromatic carbocycles. The minimum atomic E-state index is -0.568. The molecule has 1 aliphatic rings. The van der Waals surface area contributed by atoms with E-state index in [2.05, 4.69) is 22.2 Å². The molecule has 28 heavy (non-hydrogen) atoms. The van der Waals surface area contributed by atoms with Gasteiger partial charge in [-0.1, -0.05) is 30.3 Å². The van der Waals surface area contributed by atoms with E-state index in [1.165, 1.54) is 0 Å². The quantitative estimate of drug-likeness (QED) is 0.805. The van der Waals surface area contributed by atoms with Gasteiger partial charge >= 0.3 is 6.09 Å². The lowest BCUT2D eigenvalue weighted by molar-refractivity contribution is 0.0876. The van der Waals surface area contributed by atoms with Crippen LogP contribution in [0.15, 0.2) is 42.5 Å². The number of aryl methyl sites for hydroxylation is 2. The van der Waals surface area contributed by atoms with Crippen molar-refractivity contribution in [3.63, 3.8) is 0 Å². The molecule has 148 valence electrons. The third-order valence-corrected chi connectivity index (χ3v) is 5.00. The highest BCUT2D eigenvalue weighted by Gasteiger charge is 2.18. The summed E-state index contributed by atoms with van der Waals surface area (Å²) in [6.45, 7) is 7.91. The Morgan fingerprint density at radius 1 is 1.00 bits per heavy atom. The lowest BCUT2D eigenvalue weighted by atomic mass is 10.1. The van der Waals surface area contributed by atoms with Crippen molar-refractivity contribution in [1.29, 1.82) is 0 Å². The summed E-state index contributed by atoms with van der Waals surface area (Å²) >= 11 is 0. The lowest BCUT2D eigenvalue weighted by Crippen LogP contribution is -2.46. The highest BCUT2D eigenvalue weighted by molar-refractivity contribution is 5.99. The molecule has 0 spiro atoms. The van der Waals surface area contributed by atoms with Crippen LogP contribution in [0.25, 0.3) is 0 Å². The van der Waals surface area contributed by atoms with Crippen LogP contribution >= 0.6 is 0 Å². The number of hydrogen-bond donors (Lipinski definition) is 1. The molecule has 0 radical (unpaired) electrons. The van der Waals surface area contributed by atoms with E-state index in [9.17, 15) is 9.59 Å². The second-order valence-electron chi connectivity index (χ2n) is 7.32. The zero-order valence-electron chi connectivity index (χ0n) is 16.7. The minimum absolute atomic E-state index is 0.0521. The van der Waals surface area contributed by atoms with Crippen molar-refractivity contribution < 1.29 is 14.3 Å². The number of ketones is 1. The Bertz CT molecular complexity index is 838. The number of ether oxygens (including phenoxy) is 1. The van der Waals surface area contributed by atoms with Crippen molar-refractivity contribution in [2.45, 2.75) is 13.8 Å². The van der Waals surface area contributed by atoms with Crippen LogP contribution in [-0.4, -0.2) is 61.4 Å². The largest absolute Gasteiger partial charge is 0.417 e. The molecule has 0 atom stereocenters. The van der Waals surface area contributed by atoms with Gasteiger partial charge in [-0.25, -0.2) is 4.79 Å². The van der Waals surface area contributed by atoms with Gasteiger partial charge in [0, 0.05) is 37.4 Å². The minimum Gasteiger partial charge on any atom is -0.410 e. The Kier molecular flexibility index (Phi) is 6.44.